The molecule has 0 unspecified atom stereocenters. The Bertz CT molecular complexity index is 42.9. The van der Waals surface area contributed by atoms with Crippen molar-refractivity contribution >= 4 is 0 Å². The molecule has 0 heterocycles. The maximum absolute atomic E-state index is 8.42. The standard InChI is InChI=1S/C5H11O3/c1-7-4-5(3-6)8-2/h6H,3-4H2,1-2H3. The number of hydrogen-bond acceptors (Lipinski definition) is 3. The molecule has 3 nitrogen and oxygen atoms in total. The van der Waals surface area contributed by atoms with Gasteiger partial charge in [0.2, 0.25) is 0 Å². The average molecular weight is 119 g/mol. The fourth-order valence-corrected chi connectivity index (χ4v) is 0.330. The van der Waals surface area contributed by atoms with Crippen LogP contribution in [-0.2, 0) is 9.47 Å². The summed E-state index contributed by atoms with van der Waals surface area (Å²) in [5, 5.41) is 8.42. The first kappa shape index (κ1) is 7.88. The van der Waals surface area contributed by atoms with Crippen molar-refractivity contribution in [1.82, 2.24) is 0 Å². The minimum Gasteiger partial charge on any atom is -0.393 e. The van der Waals surface area contributed by atoms with Gasteiger partial charge in [-0.05, 0) is 0 Å². The van der Waals surface area contributed by atoms with Crippen molar-refractivity contribution in [2.24, 2.45) is 0 Å². The molecule has 0 aliphatic rings. The summed E-state index contributed by atoms with van der Waals surface area (Å²) >= 11 is 0. The quantitative estimate of drug-likeness (QED) is 0.557. The van der Waals surface area contributed by atoms with Crippen molar-refractivity contribution in [2.45, 2.75) is 0 Å². The van der Waals surface area contributed by atoms with E-state index in [0.29, 0.717) is 12.7 Å². The maximum atomic E-state index is 8.42. The second kappa shape index (κ2) is 5.03. The summed E-state index contributed by atoms with van der Waals surface area (Å²) in [6, 6.07) is 0. The van der Waals surface area contributed by atoms with Crippen LogP contribution >= 0.6 is 0 Å². The van der Waals surface area contributed by atoms with Crippen LogP contribution in [-0.4, -0.2) is 32.5 Å². The first-order valence-electron chi connectivity index (χ1n) is 2.33. The average Bonchev–Trinajstić information content (AvgIpc) is 1.83. The molecular formula is C5H11O3. The first-order valence-corrected chi connectivity index (χ1v) is 2.33. The van der Waals surface area contributed by atoms with Crippen LogP contribution in [0.3, 0.4) is 0 Å². The van der Waals surface area contributed by atoms with Gasteiger partial charge in [-0.15, -0.1) is 0 Å². The number of hydrogen-bond donors (Lipinski definition) is 1. The molecule has 0 atom stereocenters. The summed E-state index contributed by atoms with van der Waals surface area (Å²) in [5.41, 5.74) is 0. The first-order chi connectivity index (χ1) is 3.85. The second-order valence-corrected chi connectivity index (χ2v) is 1.33. The molecule has 8 heavy (non-hydrogen) atoms. The minimum atomic E-state index is -0.0651. The molecule has 49 valence electrons. The van der Waals surface area contributed by atoms with Gasteiger partial charge in [0.25, 0.3) is 0 Å². The number of methoxy groups -OCH3 is 2. The van der Waals surface area contributed by atoms with Crippen molar-refractivity contribution < 1.29 is 14.6 Å². The summed E-state index contributed by atoms with van der Waals surface area (Å²) in [7, 11) is 3.05. The van der Waals surface area contributed by atoms with Crippen LogP contribution in [0, 0.1) is 6.10 Å². The highest BCUT2D eigenvalue weighted by Crippen LogP contribution is 1.96. The summed E-state index contributed by atoms with van der Waals surface area (Å²) < 4.78 is 9.35. The van der Waals surface area contributed by atoms with Crippen molar-refractivity contribution in [3.63, 3.8) is 0 Å². The van der Waals surface area contributed by atoms with E-state index in [2.05, 4.69) is 9.47 Å². The largest absolute Gasteiger partial charge is 0.393 e. The van der Waals surface area contributed by atoms with E-state index in [1.165, 1.54) is 7.11 Å². The molecule has 0 aromatic carbocycles. The topological polar surface area (TPSA) is 38.7 Å². The lowest BCUT2D eigenvalue weighted by Gasteiger charge is -2.07. The molecule has 0 aliphatic carbocycles. The second-order valence-electron chi connectivity index (χ2n) is 1.33. The molecule has 0 bridgehead atoms. The number of aliphatic hydroxyl groups excluding tert-OH is 1. The van der Waals surface area contributed by atoms with E-state index in [9.17, 15) is 0 Å². The van der Waals surface area contributed by atoms with E-state index < -0.39 is 0 Å². The van der Waals surface area contributed by atoms with Crippen LogP contribution < -0.4 is 0 Å². The van der Waals surface area contributed by atoms with Gasteiger partial charge in [0, 0.05) is 14.2 Å². The number of aliphatic hydroxyl groups is 1. The molecule has 0 rings (SSSR count). The van der Waals surface area contributed by atoms with Gasteiger partial charge >= 0.3 is 0 Å². The van der Waals surface area contributed by atoms with Crippen molar-refractivity contribution in [3.05, 3.63) is 6.10 Å². The highest BCUT2D eigenvalue weighted by atomic mass is 16.5. The van der Waals surface area contributed by atoms with Gasteiger partial charge in [-0.3, -0.25) is 0 Å². The maximum Gasteiger partial charge on any atom is 0.147 e. The van der Waals surface area contributed by atoms with Gasteiger partial charge in [-0.25, -0.2) is 0 Å². The lowest BCUT2D eigenvalue weighted by atomic mass is 10.4. The third-order valence-corrected chi connectivity index (χ3v) is 0.770. The Kier molecular flexibility index (Phi) is 4.95. The van der Waals surface area contributed by atoms with Crippen LogP contribution in [0.2, 0.25) is 0 Å². The fourth-order valence-electron chi connectivity index (χ4n) is 0.330. The molecule has 1 radical (unpaired) electrons. The van der Waals surface area contributed by atoms with E-state index in [0.717, 1.165) is 0 Å². The van der Waals surface area contributed by atoms with Gasteiger partial charge in [0.1, 0.15) is 6.10 Å². The van der Waals surface area contributed by atoms with Gasteiger partial charge in [-0.1, -0.05) is 0 Å². The number of ether oxygens (including phenoxy) is 2. The van der Waals surface area contributed by atoms with E-state index >= 15 is 0 Å². The minimum absolute atomic E-state index is 0.0651. The SMILES string of the molecule is COC[C](CO)OC. The lowest BCUT2D eigenvalue weighted by molar-refractivity contribution is 0.0695. The van der Waals surface area contributed by atoms with Crippen molar-refractivity contribution in [2.75, 3.05) is 27.4 Å². The molecule has 0 aliphatic heterocycles. The normalized spacial score (nSPS) is 10.5. The predicted octanol–water partition coefficient (Wildman–Crippen LogP) is -0.197. The molecule has 0 spiro atoms. The summed E-state index contributed by atoms with van der Waals surface area (Å²) in [5.74, 6) is 0. The smallest absolute Gasteiger partial charge is 0.147 e. The van der Waals surface area contributed by atoms with Gasteiger partial charge in [0.05, 0.1) is 13.2 Å². The Morgan fingerprint density at radius 1 is 1.50 bits per heavy atom. The van der Waals surface area contributed by atoms with Crippen molar-refractivity contribution in [1.29, 1.82) is 0 Å². The third-order valence-electron chi connectivity index (χ3n) is 0.770. The zero-order valence-electron chi connectivity index (χ0n) is 5.18. The highest BCUT2D eigenvalue weighted by Gasteiger charge is 2.03. The van der Waals surface area contributed by atoms with Gasteiger partial charge < -0.3 is 14.6 Å². The Balaban J connectivity index is 3.07. The zero-order valence-corrected chi connectivity index (χ0v) is 5.18. The van der Waals surface area contributed by atoms with Gasteiger partial charge in [0.15, 0.2) is 0 Å². The van der Waals surface area contributed by atoms with Crippen LogP contribution in [0.5, 0.6) is 0 Å². The summed E-state index contributed by atoms with van der Waals surface area (Å²) in [6.45, 7) is 0.303. The number of rotatable bonds is 4. The fraction of sp³-hybridized carbons (Fsp3) is 0.800. The Labute approximate surface area is 49.2 Å². The molecule has 3 heteroatoms. The van der Waals surface area contributed by atoms with E-state index in [1.54, 1.807) is 7.11 Å². The van der Waals surface area contributed by atoms with Crippen LogP contribution in [0.15, 0.2) is 0 Å². The van der Waals surface area contributed by atoms with Crippen molar-refractivity contribution in [3.8, 4) is 0 Å². The Morgan fingerprint density at radius 2 is 2.12 bits per heavy atom. The van der Waals surface area contributed by atoms with Crippen LogP contribution in [0.1, 0.15) is 0 Å². The summed E-state index contributed by atoms with van der Waals surface area (Å²) in [4.78, 5) is 0. The highest BCUT2D eigenvalue weighted by molar-refractivity contribution is 4.74. The van der Waals surface area contributed by atoms with Crippen LogP contribution in [0.25, 0.3) is 0 Å². The zero-order chi connectivity index (χ0) is 6.41. The molecule has 0 aromatic rings. The van der Waals surface area contributed by atoms with E-state index in [4.69, 9.17) is 5.11 Å². The molecule has 1 N–H and O–H groups in total. The van der Waals surface area contributed by atoms with Crippen LogP contribution in [0.4, 0.5) is 0 Å². The van der Waals surface area contributed by atoms with E-state index in [1.807, 2.05) is 0 Å². The monoisotopic (exact) mass is 119 g/mol. The third kappa shape index (κ3) is 2.96. The molecule has 0 fully saturated rings. The molecule has 0 aromatic heterocycles. The lowest BCUT2D eigenvalue weighted by Crippen LogP contribution is -2.11. The van der Waals surface area contributed by atoms with Gasteiger partial charge in [-0.2, -0.15) is 0 Å². The summed E-state index contributed by atoms with van der Waals surface area (Å²) in [6.07, 6.45) is 0.549. The Morgan fingerprint density at radius 3 is 2.25 bits per heavy atom. The molecule has 0 amide bonds. The van der Waals surface area contributed by atoms with E-state index in [-0.39, 0.29) is 6.61 Å². The predicted molar refractivity (Wildman–Crippen MR) is 29.2 cm³/mol. The Hall–Kier alpha value is -0.120. The molecular weight excluding hydrogens is 108 g/mol. The molecule has 0 saturated heterocycles. The molecule has 0 saturated carbocycles.